The van der Waals surface area contributed by atoms with Crippen molar-refractivity contribution in [3.8, 4) is 11.8 Å². The molecule has 0 spiro atoms. The van der Waals surface area contributed by atoms with Crippen molar-refractivity contribution in [2.24, 2.45) is 11.8 Å². The van der Waals surface area contributed by atoms with E-state index in [1.807, 2.05) is 40.3 Å². The van der Waals surface area contributed by atoms with Crippen LogP contribution in [0.2, 0.25) is 0 Å². The lowest BCUT2D eigenvalue weighted by atomic mass is 9.93. The SMILES string of the molecule is C=CC(=O)N1CCN(c2nc(ON3CCC(C4CC4)CC3)nc3c2CCN(c2cc(O)cc4ccccc24)C3)CC1. The largest absolute Gasteiger partial charge is 0.508 e. The first-order valence-corrected chi connectivity index (χ1v) is 15.0. The highest BCUT2D eigenvalue weighted by Gasteiger charge is 2.35. The summed E-state index contributed by atoms with van der Waals surface area (Å²) in [5.74, 6) is 2.91. The zero-order valence-electron chi connectivity index (χ0n) is 23.5. The maximum absolute atomic E-state index is 12.2. The zero-order chi connectivity index (χ0) is 27.9. The van der Waals surface area contributed by atoms with Crippen LogP contribution in [0.15, 0.2) is 49.1 Å². The van der Waals surface area contributed by atoms with Gasteiger partial charge in [-0.1, -0.05) is 30.8 Å². The molecule has 1 N–H and O–H groups in total. The number of nitrogens with zero attached hydrogens (tertiary/aromatic N) is 6. The monoisotopic (exact) mass is 554 g/mol. The summed E-state index contributed by atoms with van der Waals surface area (Å²) >= 11 is 0. The summed E-state index contributed by atoms with van der Waals surface area (Å²) in [6.07, 6.45) is 7.28. The third-order valence-electron chi connectivity index (χ3n) is 9.25. The number of carbonyl (C=O) groups is 1. The first kappa shape index (κ1) is 26.1. The van der Waals surface area contributed by atoms with Crippen LogP contribution in [0.4, 0.5) is 11.5 Å². The molecule has 4 aliphatic rings. The van der Waals surface area contributed by atoms with E-state index in [0.29, 0.717) is 38.7 Å². The Balaban J connectivity index is 1.18. The number of hydrogen-bond donors (Lipinski definition) is 1. The van der Waals surface area contributed by atoms with Crippen LogP contribution in [0, 0.1) is 11.8 Å². The van der Waals surface area contributed by atoms with E-state index < -0.39 is 0 Å². The normalized spacial score (nSPS) is 20.2. The Kier molecular flexibility index (Phi) is 6.90. The van der Waals surface area contributed by atoms with E-state index in [2.05, 4.69) is 22.4 Å². The highest BCUT2D eigenvalue weighted by atomic mass is 16.7. The van der Waals surface area contributed by atoms with Crippen molar-refractivity contribution in [2.45, 2.75) is 38.6 Å². The van der Waals surface area contributed by atoms with E-state index in [9.17, 15) is 9.90 Å². The topological polar surface area (TPSA) is 85.3 Å². The van der Waals surface area contributed by atoms with Gasteiger partial charge in [-0.25, -0.2) is 0 Å². The van der Waals surface area contributed by atoms with Gasteiger partial charge in [0.05, 0.1) is 12.2 Å². The van der Waals surface area contributed by atoms with Crippen molar-refractivity contribution in [1.82, 2.24) is 19.9 Å². The van der Waals surface area contributed by atoms with Crippen molar-refractivity contribution >= 4 is 28.2 Å². The van der Waals surface area contributed by atoms with Crippen LogP contribution in [0.25, 0.3) is 10.8 Å². The number of piperazine rings is 1. The van der Waals surface area contributed by atoms with Crippen LogP contribution in [0.1, 0.15) is 36.9 Å². The smallest absolute Gasteiger partial charge is 0.338 e. The summed E-state index contributed by atoms with van der Waals surface area (Å²) in [5, 5.41) is 14.7. The maximum Gasteiger partial charge on any atom is 0.338 e. The van der Waals surface area contributed by atoms with E-state index in [1.165, 1.54) is 31.8 Å². The third-order valence-corrected chi connectivity index (χ3v) is 9.25. The molecule has 2 aromatic carbocycles. The van der Waals surface area contributed by atoms with Gasteiger partial charge < -0.3 is 24.6 Å². The van der Waals surface area contributed by atoms with Gasteiger partial charge >= 0.3 is 6.01 Å². The predicted molar refractivity (Wildman–Crippen MR) is 159 cm³/mol. The summed E-state index contributed by atoms with van der Waals surface area (Å²) in [5.41, 5.74) is 3.11. The standard InChI is InChI=1S/C32H38N6O3/c1-2-30(40)35-15-17-36(18-16-35)31-27-11-12-37(29-20-25(39)19-24-5-3-4-6-26(24)29)21-28(27)33-32(34-31)41-38-13-9-23(10-14-38)22-7-8-22/h2-6,19-20,22-23,39H,1,7-18,21H2. The molecule has 3 fully saturated rings. The highest BCUT2D eigenvalue weighted by molar-refractivity contribution is 5.95. The average Bonchev–Trinajstić information content (AvgIpc) is 3.86. The van der Waals surface area contributed by atoms with Crippen molar-refractivity contribution in [3.63, 3.8) is 0 Å². The minimum Gasteiger partial charge on any atom is -0.508 e. The quantitative estimate of drug-likeness (QED) is 0.455. The lowest BCUT2D eigenvalue weighted by molar-refractivity contribution is -0.126. The van der Waals surface area contributed by atoms with Gasteiger partial charge in [-0.05, 0) is 61.5 Å². The number of rotatable bonds is 6. The molecular weight excluding hydrogens is 516 g/mol. The Morgan fingerprint density at radius 1 is 0.927 bits per heavy atom. The number of aromatic nitrogens is 2. The lowest BCUT2D eigenvalue weighted by Crippen LogP contribution is -2.49. The van der Waals surface area contributed by atoms with E-state index in [0.717, 1.165) is 71.4 Å². The molecule has 0 unspecified atom stereocenters. The second-order valence-corrected chi connectivity index (χ2v) is 11.8. The number of piperidine rings is 1. The fraction of sp³-hybridized carbons (Fsp3) is 0.469. The molecule has 7 rings (SSSR count). The average molecular weight is 555 g/mol. The molecule has 9 heteroatoms. The van der Waals surface area contributed by atoms with Crippen LogP contribution in [-0.4, -0.2) is 76.8 Å². The number of benzene rings is 2. The molecule has 1 aliphatic carbocycles. The highest BCUT2D eigenvalue weighted by Crippen LogP contribution is 2.42. The van der Waals surface area contributed by atoms with E-state index in [-0.39, 0.29) is 11.7 Å². The first-order chi connectivity index (χ1) is 20.1. The molecule has 41 heavy (non-hydrogen) atoms. The Morgan fingerprint density at radius 3 is 2.44 bits per heavy atom. The van der Waals surface area contributed by atoms with Crippen LogP contribution < -0.4 is 14.6 Å². The maximum atomic E-state index is 12.2. The van der Waals surface area contributed by atoms with Crippen molar-refractivity contribution < 1.29 is 14.7 Å². The van der Waals surface area contributed by atoms with Crippen molar-refractivity contribution in [2.75, 3.05) is 55.6 Å². The zero-order valence-corrected chi connectivity index (χ0v) is 23.5. The molecule has 3 aromatic rings. The molecular formula is C32H38N6O3. The van der Waals surface area contributed by atoms with Gasteiger partial charge in [0, 0.05) is 68.5 Å². The summed E-state index contributed by atoms with van der Waals surface area (Å²) in [7, 11) is 0. The van der Waals surface area contributed by atoms with Crippen molar-refractivity contribution in [1.29, 1.82) is 0 Å². The number of amides is 1. The van der Waals surface area contributed by atoms with E-state index in [4.69, 9.17) is 14.8 Å². The van der Waals surface area contributed by atoms with Gasteiger partial charge in [-0.15, -0.1) is 5.06 Å². The van der Waals surface area contributed by atoms with Crippen molar-refractivity contribution in [3.05, 3.63) is 60.3 Å². The molecule has 0 atom stereocenters. The summed E-state index contributed by atoms with van der Waals surface area (Å²) in [6.45, 7) is 9.53. The fourth-order valence-electron chi connectivity index (χ4n) is 6.82. The van der Waals surface area contributed by atoms with Crippen LogP contribution in [0.3, 0.4) is 0 Å². The molecule has 1 amide bonds. The second-order valence-electron chi connectivity index (χ2n) is 11.8. The van der Waals surface area contributed by atoms with E-state index >= 15 is 0 Å². The molecule has 9 nitrogen and oxygen atoms in total. The molecule has 1 saturated carbocycles. The number of hydrogen-bond acceptors (Lipinski definition) is 8. The Morgan fingerprint density at radius 2 is 1.68 bits per heavy atom. The molecule has 0 radical (unpaired) electrons. The Bertz CT molecular complexity index is 1460. The third kappa shape index (κ3) is 5.30. The first-order valence-electron chi connectivity index (χ1n) is 15.0. The predicted octanol–water partition coefficient (Wildman–Crippen LogP) is 4.15. The molecule has 1 aromatic heterocycles. The number of fused-ring (bicyclic) bond motifs is 2. The summed E-state index contributed by atoms with van der Waals surface area (Å²) in [6, 6.07) is 12.2. The molecule has 214 valence electrons. The fourth-order valence-corrected chi connectivity index (χ4v) is 6.82. The molecule has 4 heterocycles. The second kappa shape index (κ2) is 10.9. The van der Waals surface area contributed by atoms with Gasteiger partial charge in [0.1, 0.15) is 11.6 Å². The lowest BCUT2D eigenvalue weighted by Gasteiger charge is -2.38. The van der Waals surface area contributed by atoms with Crippen LogP contribution in [0.5, 0.6) is 11.8 Å². The van der Waals surface area contributed by atoms with E-state index in [1.54, 1.807) is 0 Å². The van der Waals surface area contributed by atoms with Gasteiger partial charge in [-0.2, -0.15) is 9.97 Å². The molecule has 3 aliphatic heterocycles. The summed E-state index contributed by atoms with van der Waals surface area (Å²) < 4.78 is 0. The van der Waals surface area contributed by atoms with Gasteiger partial charge in [-0.3, -0.25) is 4.79 Å². The number of anilines is 2. The van der Waals surface area contributed by atoms with Gasteiger partial charge in [0.2, 0.25) is 5.91 Å². The minimum absolute atomic E-state index is 0.0260. The molecule has 0 bridgehead atoms. The number of phenolic OH excluding ortho intramolecular Hbond substituents is 1. The van der Waals surface area contributed by atoms with Gasteiger partial charge in [0.25, 0.3) is 0 Å². The summed E-state index contributed by atoms with van der Waals surface area (Å²) in [4.78, 5) is 34.9. The van der Waals surface area contributed by atoms with Crippen LogP contribution >= 0.6 is 0 Å². The minimum atomic E-state index is -0.0260. The number of hydroxylamine groups is 2. The Hall–Kier alpha value is -3.85. The number of aromatic hydroxyl groups is 1. The van der Waals surface area contributed by atoms with Crippen LogP contribution in [-0.2, 0) is 17.8 Å². The molecule has 2 saturated heterocycles. The number of phenols is 1. The number of carbonyl (C=O) groups excluding carboxylic acids is 1. The van der Waals surface area contributed by atoms with Gasteiger partial charge in [0.15, 0.2) is 0 Å². The Labute approximate surface area is 241 Å².